The first-order valence-electron chi connectivity index (χ1n) is 5.82. The van der Waals surface area contributed by atoms with Crippen LogP contribution in [0, 0.1) is 0 Å². The van der Waals surface area contributed by atoms with E-state index in [1.165, 1.54) is 0 Å². The zero-order valence-corrected chi connectivity index (χ0v) is 10.5. The van der Waals surface area contributed by atoms with Crippen LogP contribution in [-0.4, -0.2) is 30.9 Å². The molecule has 0 aromatic rings. The number of hydrogen-bond donors (Lipinski definition) is 1. The average Bonchev–Trinajstić information content (AvgIpc) is 2.29. The molecular weight excluding hydrogens is 220 g/mol. The summed E-state index contributed by atoms with van der Waals surface area (Å²) in [6.45, 7) is 9.59. The smallest absolute Gasteiger partial charge is 0.333 e. The minimum absolute atomic E-state index is 0.210. The molecule has 0 fully saturated rings. The number of carbonyl (C=O) groups is 1. The molecule has 4 nitrogen and oxygen atoms in total. The molecule has 0 aliphatic carbocycles. The maximum absolute atomic E-state index is 11.0. The van der Waals surface area contributed by atoms with Gasteiger partial charge in [-0.25, -0.2) is 4.79 Å². The summed E-state index contributed by atoms with van der Waals surface area (Å²) in [5, 5.41) is 8.59. The number of esters is 1. The lowest BCUT2D eigenvalue weighted by Gasteiger charge is -2.09. The topological polar surface area (TPSA) is 55.8 Å². The predicted molar refractivity (Wildman–Crippen MR) is 66.4 cm³/mol. The summed E-state index contributed by atoms with van der Waals surface area (Å²) in [5.74, 6) is 0.288. The van der Waals surface area contributed by atoms with Crippen LogP contribution in [0.15, 0.2) is 24.5 Å². The second kappa shape index (κ2) is 9.90. The lowest BCUT2D eigenvalue weighted by molar-refractivity contribution is -0.140. The molecule has 0 spiro atoms. The molecule has 0 rings (SSSR count). The fraction of sp³-hybridized carbons (Fsp3) is 0.615. The minimum Gasteiger partial charge on any atom is -0.495 e. The highest BCUT2D eigenvalue weighted by Gasteiger charge is 2.02. The fourth-order valence-electron chi connectivity index (χ4n) is 1.13. The first-order valence-corrected chi connectivity index (χ1v) is 5.82. The van der Waals surface area contributed by atoms with Gasteiger partial charge in [0.15, 0.2) is 0 Å². The Kier molecular flexibility index (Phi) is 9.15. The third-order valence-corrected chi connectivity index (χ3v) is 2.08. The van der Waals surface area contributed by atoms with Gasteiger partial charge in [0.05, 0.1) is 5.76 Å². The van der Waals surface area contributed by atoms with Crippen LogP contribution in [0.3, 0.4) is 0 Å². The van der Waals surface area contributed by atoms with Crippen molar-refractivity contribution in [1.29, 1.82) is 0 Å². The highest BCUT2D eigenvalue weighted by atomic mass is 16.6. The van der Waals surface area contributed by atoms with Crippen molar-refractivity contribution in [2.45, 2.75) is 32.6 Å². The van der Waals surface area contributed by atoms with Gasteiger partial charge in [0.2, 0.25) is 0 Å². The van der Waals surface area contributed by atoms with Gasteiger partial charge in [-0.2, -0.15) is 0 Å². The third kappa shape index (κ3) is 9.63. The zero-order valence-electron chi connectivity index (χ0n) is 10.5. The van der Waals surface area contributed by atoms with Crippen LogP contribution in [-0.2, 0) is 14.3 Å². The van der Waals surface area contributed by atoms with Crippen molar-refractivity contribution in [2.24, 2.45) is 0 Å². The summed E-state index contributed by atoms with van der Waals surface area (Å²) in [6.07, 6.45) is 3.49. The lowest BCUT2D eigenvalue weighted by Crippen LogP contribution is -2.10. The fourth-order valence-corrected chi connectivity index (χ4v) is 1.13. The van der Waals surface area contributed by atoms with Crippen LogP contribution in [0.2, 0.25) is 0 Å². The van der Waals surface area contributed by atoms with E-state index >= 15 is 0 Å². The summed E-state index contributed by atoms with van der Waals surface area (Å²) in [7, 11) is 0. The van der Waals surface area contributed by atoms with E-state index in [4.69, 9.17) is 14.6 Å². The molecule has 0 bridgehead atoms. The van der Waals surface area contributed by atoms with E-state index in [0.717, 1.165) is 25.7 Å². The Bertz CT molecular complexity index is 258. The van der Waals surface area contributed by atoms with Gasteiger partial charge in [0.1, 0.15) is 13.2 Å². The largest absolute Gasteiger partial charge is 0.495 e. The quantitative estimate of drug-likeness (QED) is 0.276. The van der Waals surface area contributed by atoms with Gasteiger partial charge in [-0.3, -0.25) is 0 Å². The maximum atomic E-state index is 11.0. The van der Waals surface area contributed by atoms with Gasteiger partial charge in [-0.15, -0.1) is 0 Å². The summed E-state index contributed by atoms with van der Waals surface area (Å²) < 4.78 is 10.1. The van der Waals surface area contributed by atoms with Gasteiger partial charge in [0, 0.05) is 18.6 Å². The molecule has 1 N–H and O–H groups in total. The lowest BCUT2D eigenvalue weighted by atomic mass is 10.2. The van der Waals surface area contributed by atoms with Crippen LogP contribution in [0.5, 0.6) is 0 Å². The third-order valence-electron chi connectivity index (χ3n) is 2.08. The Balaban J connectivity index is 3.39. The molecule has 0 amide bonds. The first kappa shape index (κ1) is 15.7. The Morgan fingerprint density at radius 2 is 1.76 bits per heavy atom. The van der Waals surface area contributed by atoms with Gasteiger partial charge in [-0.1, -0.05) is 19.6 Å². The van der Waals surface area contributed by atoms with E-state index in [1.54, 1.807) is 6.92 Å². The van der Waals surface area contributed by atoms with Crippen molar-refractivity contribution in [3.05, 3.63) is 24.5 Å². The normalized spacial score (nSPS) is 9.76. The Hall–Kier alpha value is -1.29. The van der Waals surface area contributed by atoms with Crippen molar-refractivity contribution in [2.75, 3.05) is 19.8 Å². The summed E-state index contributed by atoms with van der Waals surface area (Å²) in [4.78, 5) is 11.0. The summed E-state index contributed by atoms with van der Waals surface area (Å²) >= 11 is 0. The van der Waals surface area contributed by atoms with Gasteiger partial charge < -0.3 is 14.6 Å². The number of rotatable bonds is 10. The van der Waals surface area contributed by atoms with Gasteiger partial charge >= 0.3 is 5.97 Å². The molecule has 0 aliphatic rings. The van der Waals surface area contributed by atoms with Crippen molar-refractivity contribution in [3.63, 3.8) is 0 Å². The molecule has 0 unspecified atom stereocenters. The number of allylic oxidation sites excluding steroid dienone is 1. The highest BCUT2D eigenvalue weighted by molar-refractivity contribution is 5.86. The van der Waals surface area contributed by atoms with Gasteiger partial charge in [0.25, 0.3) is 0 Å². The minimum atomic E-state index is -0.401. The van der Waals surface area contributed by atoms with Crippen molar-refractivity contribution in [3.8, 4) is 0 Å². The molecule has 0 aromatic heterocycles. The maximum Gasteiger partial charge on any atom is 0.333 e. The van der Waals surface area contributed by atoms with Crippen molar-refractivity contribution in [1.82, 2.24) is 0 Å². The van der Waals surface area contributed by atoms with E-state index in [-0.39, 0.29) is 13.2 Å². The van der Waals surface area contributed by atoms with E-state index < -0.39 is 5.97 Å². The Morgan fingerprint density at radius 3 is 2.35 bits per heavy atom. The second-order valence-electron chi connectivity index (χ2n) is 3.84. The van der Waals surface area contributed by atoms with E-state index in [0.29, 0.717) is 17.9 Å². The summed E-state index contributed by atoms with van der Waals surface area (Å²) in [6, 6.07) is 0. The Morgan fingerprint density at radius 1 is 1.12 bits per heavy atom. The van der Waals surface area contributed by atoms with Crippen LogP contribution in [0.1, 0.15) is 32.6 Å². The molecule has 0 saturated heterocycles. The number of hydrogen-bond acceptors (Lipinski definition) is 4. The zero-order chi connectivity index (χ0) is 13.1. The molecule has 0 aliphatic heterocycles. The molecule has 98 valence electrons. The van der Waals surface area contributed by atoms with Crippen LogP contribution < -0.4 is 0 Å². The van der Waals surface area contributed by atoms with E-state index in [2.05, 4.69) is 13.2 Å². The number of carbonyl (C=O) groups excluding carboxylic acids is 1. The molecule has 0 atom stereocenters. The Labute approximate surface area is 103 Å². The van der Waals surface area contributed by atoms with Crippen LogP contribution in [0.4, 0.5) is 0 Å². The monoisotopic (exact) mass is 242 g/mol. The van der Waals surface area contributed by atoms with E-state index in [9.17, 15) is 4.79 Å². The molecule has 4 heteroatoms. The molecule has 17 heavy (non-hydrogen) atoms. The van der Waals surface area contributed by atoms with Crippen molar-refractivity contribution >= 4 is 5.97 Å². The molecule has 0 aromatic carbocycles. The van der Waals surface area contributed by atoms with E-state index in [1.807, 2.05) is 0 Å². The average molecular weight is 242 g/mol. The molecule has 0 heterocycles. The molecule has 0 saturated carbocycles. The van der Waals surface area contributed by atoms with Crippen molar-refractivity contribution < 1.29 is 19.4 Å². The van der Waals surface area contributed by atoms with Crippen LogP contribution >= 0.6 is 0 Å². The van der Waals surface area contributed by atoms with Gasteiger partial charge in [-0.05, 0) is 19.8 Å². The number of aliphatic hydroxyl groups excluding tert-OH is 1. The first-order chi connectivity index (χ1) is 8.07. The number of ether oxygens (including phenoxy) is 2. The molecule has 0 radical (unpaired) electrons. The second-order valence-corrected chi connectivity index (χ2v) is 3.84. The van der Waals surface area contributed by atoms with Crippen LogP contribution in [0.25, 0.3) is 0 Å². The number of unbranched alkanes of at least 4 members (excludes halogenated alkanes) is 2. The summed E-state index contributed by atoms with van der Waals surface area (Å²) in [5.41, 5.74) is 0.382. The molecular formula is C13H22O4. The standard InChI is InChI=1S/C13H22O4/c1-11(2)13(15)17-10-9-16-12(3)7-5-4-6-8-14/h14H,1,3-10H2,2H3. The number of aliphatic hydroxyl groups is 1. The highest BCUT2D eigenvalue weighted by Crippen LogP contribution is 2.08. The predicted octanol–water partition coefficient (Wildman–Crippen LogP) is 2.19. The SMILES string of the molecule is C=C(CCCCCO)OCCOC(=O)C(=C)C.